The van der Waals surface area contributed by atoms with Gasteiger partial charge < -0.3 is 19.9 Å². The zero-order valence-corrected chi connectivity index (χ0v) is 14.3. The SMILES string of the molecule is COc1ccc(CNC(=O)CCC(=O)O)cc1OCc1ccc(F)cc1. The molecule has 0 saturated carbocycles. The summed E-state index contributed by atoms with van der Waals surface area (Å²) >= 11 is 0. The number of hydrogen-bond donors (Lipinski definition) is 2. The van der Waals surface area contributed by atoms with E-state index in [0.717, 1.165) is 11.1 Å². The lowest BCUT2D eigenvalue weighted by atomic mass is 10.2. The predicted molar refractivity (Wildman–Crippen MR) is 92.4 cm³/mol. The van der Waals surface area contributed by atoms with Gasteiger partial charge in [-0.1, -0.05) is 18.2 Å². The summed E-state index contributed by atoms with van der Waals surface area (Å²) in [6.07, 6.45) is -0.278. The van der Waals surface area contributed by atoms with Crippen LogP contribution in [0, 0.1) is 5.82 Å². The van der Waals surface area contributed by atoms with Crippen LogP contribution in [-0.4, -0.2) is 24.1 Å². The van der Waals surface area contributed by atoms with Crippen molar-refractivity contribution >= 4 is 11.9 Å². The molecule has 0 bridgehead atoms. The summed E-state index contributed by atoms with van der Waals surface area (Å²) in [6.45, 7) is 0.487. The van der Waals surface area contributed by atoms with Crippen LogP contribution in [0.2, 0.25) is 0 Å². The van der Waals surface area contributed by atoms with Crippen molar-refractivity contribution in [3.63, 3.8) is 0 Å². The molecule has 7 heteroatoms. The molecule has 0 saturated heterocycles. The molecule has 2 rings (SSSR count). The van der Waals surface area contributed by atoms with Gasteiger partial charge in [0, 0.05) is 13.0 Å². The number of rotatable bonds is 9. The standard InChI is InChI=1S/C19H20FNO5/c1-25-16-7-4-14(11-21-18(22)8-9-19(23)24)10-17(16)26-12-13-2-5-15(20)6-3-13/h2-7,10H,8-9,11-12H2,1H3,(H,21,22)(H,23,24). The van der Waals surface area contributed by atoms with Gasteiger partial charge >= 0.3 is 5.97 Å². The van der Waals surface area contributed by atoms with Gasteiger partial charge in [0.15, 0.2) is 11.5 Å². The lowest BCUT2D eigenvalue weighted by Crippen LogP contribution is -2.23. The largest absolute Gasteiger partial charge is 0.493 e. The highest BCUT2D eigenvalue weighted by molar-refractivity contribution is 5.80. The molecular weight excluding hydrogens is 341 g/mol. The second-order valence-electron chi connectivity index (χ2n) is 5.57. The van der Waals surface area contributed by atoms with E-state index >= 15 is 0 Å². The molecule has 1 amide bonds. The Hall–Kier alpha value is -3.09. The average Bonchev–Trinajstić information content (AvgIpc) is 2.64. The number of carbonyl (C=O) groups excluding carboxylic acids is 1. The molecular formula is C19H20FNO5. The zero-order valence-electron chi connectivity index (χ0n) is 14.3. The first-order valence-electron chi connectivity index (χ1n) is 8.00. The van der Waals surface area contributed by atoms with Crippen molar-refractivity contribution in [2.24, 2.45) is 0 Å². The Kier molecular flexibility index (Phi) is 6.96. The van der Waals surface area contributed by atoms with Gasteiger partial charge in [-0.25, -0.2) is 4.39 Å². The Balaban J connectivity index is 1.97. The molecule has 2 aromatic rings. The minimum Gasteiger partial charge on any atom is -0.493 e. The van der Waals surface area contributed by atoms with E-state index in [1.807, 2.05) is 0 Å². The number of halogens is 1. The van der Waals surface area contributed by atoms with E-state index in [-0.39, 0.29) is 37.7 Å². The summed E-state index contributed by atoms with van der Waals surface area (Å²) in [7, 11) is 1.52. The van der Waals surface area contributed by atoms with Crippen LogP contribution in [0.5, 0.6) is 11.5 Å². The molecule has 0 aliphatic carbocycles. The van der Waals surface area contributed by atoms with Crippen molar-refractivity contribution in [1.29, 1.82) is 0 Å². The molecule has 0 aliphatic heterocycles. The van der Waals surface area contributed by atoms with Crippen LogP contribution in [0.3, 0.4) is 0 Å². The molecule has 0 aliphatic rings. The van der Waals surface area contributed by atoms with Crippen LogP contribution in [0.15, 0.2) is 42.5 Å². The third-order valence-corrected chi connectivity index (χ3v) is 3.59. The molecule has 0 spiro atoms. The molecule has 0 unspecified atom stereocenters. The van der Waals surface area contributed by atoms with Gasteiger partial charge in [-0.15, -0.1) is 0 Å². The summed E-state index contributed by atoms with van der Waals surface area (Å²) < 4.78 is 23.9. The molecule has 138 valence electrons. The Labute approximate surface area is 150 Å². The first kappa shape index (κ1) is 19.2. The van der Waals surface area contributed by atoms with Crippen molar-refractivity contribution in [1.82, 2.24) is 5.32 Å². The summed E-state index contributed by atoms with van der Waals surface area (Å²) in [5.74, 6) is -0.632. The molecule has 0 radical (unpaired) electrons. The highest BCUT2D eigenvalue weighted by Crippen LogP contribution is 2.29. The Bertz CT molecular complexity index is 761. The Morgan fingerprint density at radius 2 is 1.73 bits per heavy atom. The van der Waals surface area contributed by atoms with E-state index in [9.17, 15) is 14.0 Å². The highest BCUT2D eigenvalue weighted by Gasteiger charge is 2.09. The third-order valence-electron chi connectivity index (χ3n) is 3.59. The summed E-state index contributed by atoms with van der Waals surface area (Å²) in [4.78, 5) is 22.1. The van der Waals surface area contributed by atoms with Crippen LogP contribution in [0.1, 0.15) is 24.0 Å². The first-order chi connectivity index (χ1) is 12.5. The lowest BCUT2D eigenvalue weighted by molar-refractivity contribution is -0.138. The highest BCUT2D eigenvalue weighted by atomic mass is 19.1. The molecule has 0 atom stereocenters. The van der Waals surface area contributed by atoms with E-state index in [1.54, 1.807) is 30.3 Å². The predicted octanol–water partition coefficient (Wildman–Crippen LogP) is 2.89. The van der Waals surface area contributed by atoms with Gasteiger partial charge in [-0.05, 0) is 35.4 Å². The molecule has 0 heterocycles. The first-order valence-corrected chi connectivity index (χ1v) is 8.00. The van der Waals surface area contributed by atoms with Gasteiger partial charge in [-0.2, -0.15) is 0 Å². The van der Waals surface area contributed by atoms with E-state index in [2.05, 4.69) is 5.32 Å². The van der Waals surface area contributed by atoms with Gasteiger partial charge in [-0.3, -0.25) is 9.59 Å². The Morgan fingerprint density at radius 3 is 2.38 bits per heavy atom. The smallest absolute Gasteiger partial charge is 0.303 e. The van der Waals surface area contributed by atoms with Crippen molar-refractivity contribution in [3.05, 3.63) is 59.4 Å². The van der Waals surface area contributed by atoms with E-state index in [1.165, 1.54) is 19.2 Å². The summed E-state index contributed by atoms with van der Waals surface area (Å²) in [5.41, 5.74) is 1.59. The molecule has 2 aromatic carbocycles. The van der Waals surface area contributed by atoms with Crippen LogP contribution in [0.4, 0.5) is 4.39 Å². The van der Waals surface area contributed by atoms with Gasteiger partial charge in [0.2, 0.25) is 5.91 Å². The number of carboxylic acids is 1. The quantitative estimate of drug-likeness (QED) is 0.717. The minimum absolute atomic E-state index is 0.0700. The number of carboxylic acid groups (broad SMARTS) is 1. The Morgan fingerprint density at radius 1 is 1.04 bits per heavy atom. The van der Waals surface area contributed by atoms with E-state index < -0.39 is 5.97 Å². The maximum Gasteiger partial charge on any atom is 0.303 e. The van der Waals surface area contributed by atoms with Crippen LogP contribution < -0.4 is 14.8 Å². The van der Waals surface area contributed by atoms with E-state index in [4.69, 9.17) is 14.6 Å². The molecule has 0 fully saturated rings. The summed E-state index contributed by atoms with van der Waals surface area (Å²) in [6, 6.07) is 11.2. The maximum absolute atomic E-state index is 12.9. The van der Waals surface area contributed by atoms with Crippen LogP contribution >= 0.6 is 0 Å². The molecule has 0 aromatic heterocycles. The second kappa shape index (κ2) is 9.41. The monoisotopic (exact) mass is 361 g/mol. The zero-order chi connectivity index (χ0) is 18.9. The van der Waals surface area contributed by atoms with Crippen LogP contribution in [0.25, 0.3) is 0 Å². The second-order valence-corrected chi connectivity index (χ2v) is 5.57. The van der Waals surface area contributed by atoms with Gasteiger partial charge in [0.05, 0.1) is 13.5 Å². The number of ether oxygens (including phenoxy) is 2. The minimum atomic E-state index is -1.01. The van der Waals surface area contributed by atoms with Crippen LogP contribution in [-0.2, 0) is 22.7 Å². The molecule has 26 heavy (non-hydrogen) atoms. The van der Waals surface area contributed by atoms with Gasteiger partial charge in [0.25, 0.3) is 0 Å². The van der Waals surface area contributed by atoms with E-state index in [0.29, 0.717) is 11.5 Å². The number of hydrogen-bond acceptors (Lipinski definition) is 4. The topological polar surface area (TPSA) is 84.9 Å². The number of carbonyl (C=O) groups is 2. The number of benzene rings is 2. The third kappa shape index (κ3) is 6.08. The van der Waals surface area contributed by atoms with Crippen molar-refractivity contribution < 1.29 is 28.6 Å². The number of methoxy groups -OCH3 is 1. The fraction of sp³-hybridized carbons (Fsp3) is 0.263. The average molecular weight is 361 g/mol. The number of amides is 1. The van der Waals surface area contributed by atoms with Gasteiger partial charge in [0.1, 0.15) is 12.4 Å². The molecule has 2 N–H and O–H groups in total. The number of nitrogens with one attached hydrogen (secondary N) is 1. The normalized spacial score (nSPS) is 10.2. The fourth-order valence-corrected chi connectivity index (χ4v) is 2.20. The molecule has 6 nitrogen and oxygen atoms in total. The van der Waals surface area contributed by atoms with Crippen molar-refractivity contribution in [3.8, 4) is 11.5 Å². The maximum atomic E-state index is 12.9. The lowest BCUT2D eigenvalue weighted by Gasteiger charge is -2.13. The van der Waals surface area contributed by atoms with Crippen molar-refractivity contribution in [2.75, 3.05) is 7.11 Å². The van der Waals surface area contributed by atoms with Crippen molar-refractivity contribution in [2.45, 2.75) is 26.0 Å². The number of aliphatic carboxylic acids is 1. The fourth-order valence-electron chi connectivity index (χ4n) is 2.20. The summed E-state index contributed by atoms with van der Waals surface area (Å²) in [5, 5.41) is 11.2.